The standard InChI is InChI=1S/C21H19Cl2NO6S/c1-3-10-24(15-6-4-14(22)5-7-15)31(27,28)16-8-9-18(23)17(12-16)20(25)30-19-11-13(2)29-21(19)26/h3-9,12-13,19H,1,10-11H2,2H3. The third-order valence-electron chi connectivity index (χ3n) is 4.53. The Morgan fingerprint density at radius 1 is 1.26 bits per heavy atom. The van der Waals surface area contributed by atoms with Crippen molar-refractivity contribution in [3.8, 4) is 0 Å². The van der Waals surface area contributed by atoms with Crippen LogP contribution >= 0.6 is 23.2 Å². The minimum atomic E-state index is -4.09. The van der Waals surface area contributed by atoms with Gasteiger partial charge >= 0.3 is 11.9 Å². The number of halogens is 2. The van der Waals surface area contributed by atoms with Crippen LogP contribution in [0, 0.1) is 0 Å². The molecule has 10 heteroatoms. The highest BCUT2D eigenvalue weighted by Gasteiger charge is 2.36. The topological polar surface area (TPSA) is 90.0 Å². The smallest absolute Gasteiger partial charge is 0.347 e. The Balaban J connectivity index is 1.94. The minimum absolute atomic E-state index is 0.00914. The maximum absolute atomic E-state index is 13.3. The number of carbonyl (C=O) groups excluding carboxylic acids is 2. The molecule has 0 N–H and O–H groups in total. The molecule has 0 aromatic heterocycles. The molecule has 0 saturated carbocycles. The van der Waals surface area contributed by atoms with Crippen LogP contribution in [0.15, 0.2) is 60.0 Å². The quantitative estimate of drug-likeness (QED) is 0.432. The molecular formula is C21H19Cl2NO6S. The zero-order valence-corrected chi connectivity index (χ0v) is 18.8. The third-order valence-corrected chi connectivity index (χ3v) is 6.90. The Bertz CT molecular complexity index is 1120. The normalized spacial score (nSPS) is 18.4. The first kappa shape index (κ1) is 23.1. The summed E-state index contributed by atoms with van der Waals surface area (Å²) in [5.74, 6) is -1.57. The molecule has 2 aromatic carbocycles. The monoisotopic (exact) mass is 483 g/mol. The van der Waals surface area contributed by atoms with Gasteiger partial charge < -0.3 is 9.47 Å². The molecule has 31 heavy (non-hydrogen) atoms. The van der Waals surface area contributed by atoms with Crippen molar-refractivity contribution >= 4 is 50.9 Å². The van der Waals surface area contributed by atoms with Crippen molar-refractivity contribution in [2.75, 3.05) is 10.8 Å². The number of nitrogens with zero attached hydrogens (tertiary/aromatic N) is 1. The van der Waals surface area contributed by atoms with E-state index in [1.54, 1.807) is 31.2 Å². The molecule has 1 aliphatic rings. The second-order valence-electron chi connectivity index (χ2n) is 6.82. The Morgan fingerprint density at radius 3 is 2.52 bits per heavy atom. The molecule has 7 nitrogen and oxygen atoms in total. The van der Waals surface area contributed by atoms with Gasteiger partial charge in [0.15, 0.2) is 0 Å². The summed E-state index contributed by atoms with van der Waals surface area (Å²) in [5, 5.41) is 0.445. The molecule has 1 heterocycles. The first-order valence-electron chi connectivity index (χ1n) is 9.23. The SMILES string of the molecule is C=CCN(c1ccc(Cl)cc1)S(=O)(=O)c1ccc(Cl)c(C(=O)OC2CC(C)OC2=O)c1. The van der Waals surface area contributed by atoms with Crippen molar-refractivity contribution in [2.45, 2.75) is 30.4 Å². The van der Waals surface area contributed by atoms with E-state index in [2.05, 4.69) is 6.58 Å². The molecule has 0 radical (unpaired) electrons. The van der Waals surface area contributed by atoms with Crippen molar-refractivity contribution in [3.63, 3.8) is 0 Å². The van der Waals surface area contributed by atoms with E-state index >= 15 is 0 Å². The molecule has 0 amide bonds. The summed E-state index contributed by atoms with van der Waals surface area (Å²) in [6.07, 6.45) is 0.207. The van der Waals surface area contributed by atoms with Crippen LogP contribution in [0.25, 0.3) is 0 Å². The van der Waals surface area contributed by atoms with E-state index in [9.17, 15) is 18.0 Å². The van der Waals surface area contributed by atoms with Gasteiger partial charge in [-0.1, -0.05) is 29.3 Å². The molecule has 0 spiro atoms. The van der Waals surface area contributed by atoms with E-state index in [1.165, 1.54) is 18.2 Å². The Kier molecular flexibility index (Phi) is 6.93. The van der Waals surface area contributed by atoms with Crippen molar-refractivity contribution in [1.82, 2.24) is 0 Å². The molecule has 0 aliphatic carbocycles. The predicted octanol–water partition coefficient (Wildman–Crippen LogP) is 4.24. The molecule has 3 rings (SSSR count). The average molecular weight is 484 g/mol. The van der Waals surface area contributed by atoms with Gasteiger partial charge in [-0.2, -0.15) is 0 Å². The zero-order valence-electron chi connectivity index (χ0n) is 16.5. The van der Waals surface area contributed by atoms with Crippen molar-refractivity contribution < 1.29 is 27.5 Å². The minimum Gasteiger partial charge on any atom is -0.460 e. The Hall–Kier alpha value is -2.55. The molecule has 1 aliphatic heterocycles. The van der Waals surface area contributed by atoms with Gasteiger partial charge in [0, 0.05) is 11.4 Å². The van der Waals surface area contributed by atoms with E-state index in [1.807, 2.05) is 0 Å². The fourth-order valence-corrected chi connectivity index (χ4v) is 4.81. The van der Waals surface area contributed by atoms with E-state index in [4.69, 9.17) is 32.7 Å². The van der Waals surface area contributed by atoms with Crippen LogP contribution in [0.5, 0.6) is 0 Å². The highest BCUT2D eigenvalue weighted by Crippen LogP contribution is 2.29. The average Bonchev–Trinajstić information content (AvgIpc) is 3.03. The number of anilines is 1. The van der Waals surface area contributed by atoms with E-state index < -0.39 is 28.1 Å². The second-order valence-corrected chi connectivity index (χ2v) is 9.53. The van der Waals surface area contributed by atoms with Crippen LogP contribution in [0.4, 0.5) is 5.69 Å². The van der Waals surface area contributed by atoms with Gasteiger partial charge in [0.1, 0.15) is 6.10 Å². The molecule has 2 unspecified atom stereocenters. The van der Waals surface area contributed by atoms with Gasteiger partial charge in [0.05, 0.1) is 27.7 Å². The van der Waals surface area contributed by atoms with Crippen LogP contribution in [0.3, 0.4) is 0 Å². The van der Waals surface area contributed by atoms with Gasteiger partial charge in [-0.3, -0.25) is 4.31 Å². The molecule has 2 aromatic rings. The lowest BCUT2D eigenvalue weighted by molar-refractivity contribution is -0.147. The predicted molar refractivity (Wildman–Crippen MR) is 117 cm³/mol. The summed E-state index contributed by atoms with van der Waals surface area (Å²) in [6, 6.07) is 9.93. The van der Waals surface area contributed by atoms with Gasteiger partial charge in [-0.15, -0.1) is 6.58 Å². The van der Waals surface area contributed by atoms with Crippen LogP contribution < -0.4 is 4.31 Å². The summed E-state index contributed by atoms with van der Waals surface area (Å²) < 4.78 is 37.9. The Morgan fingerprint density at radius 2 is 1.94 bits per heavy atom. The number of esters is 2. The number of cyclic esters (lactones) is 1. The summed E-state index contributed by atoms with van der Waals surface area (Å²) in [6.45, 7) is 5.27. The van der Waals surface area contributed by atoms with Crippen molar-refractivity contribution in [1.29, 1.82) is 0 Å². The number of ether oxygens (including phenoxy) is 2. The molecule has 1 saturated heterocycles. The highest BCUT2D eigenvalue weighted by atomic mass is 35.5. The van der Waals surface area contributed by atoms with Crippen LogP contribution in [-0.2, 0) is 24.3 Å². The van der Waals surface area contributed by atoms with Crippen molar-refractivity contribution in [2.24, 2.45) is 0 Å². The highest BCUT2D eigenvalue weighted by molar-refractivity contribution is 7.92. The van der Waals surface area contributed by atoms with Crippen LogP contribution in [0.2, 0.25) is 10.0 Å². The first-order chi connectivity index (χ1) is 14.6. The molecule has 2 atom stereocenters. The summed E-state index contributed by atoms with van der Waals surface area (Å²) >= 11 is 12.0. The van der Waals surface area contributed by atoms with Crippen LogP contribution in [0.1, 0.15) is 23.7 Å². The lowest BCUT2D eigenvalue weighted by Crippen LogP contribution is -2.31. The zero-order chi connectivity index (χ0) is 22.8. The fraction of sp³-hybridized carbons (Fsp3) is 0.238. The molecule has 1 fully saturated rings. The maximum atomic E-state index is 13.3. The summed E-state index contributed by atoms with van der Waals surface area (Å²) in [7, 11) is -4.09. The second kappa shape index (κ2) is 9.30. The maximum Gasteiger partial charge on any atom is 0.347 e. The Labute approximate surface area is 190 Å². The van der Waals surface area contributed by atoms with E-state index in [-0.39, 0.29) is 34.6 Å². The summed E-state index contributed by atoms with van der Waals surface area (Å²) in [4.78, 5) is 24.2. The number of hydrogen-bond acceptors (Lipinski definition) is 6. The molecular weight excluding hydrogens is 465 g/mol. The summed E-state index contributed by atoms with van der Waals surface area (Å²) in [5.41, 5.74) is 0.191. The number of carbonyl (C=O) groups is 2. The largest absolute Gasteiger partial charge is 0.460 e. The number of sulfonamides is 1. The fourth-order valence-electron chi connectivity index (χ4n) is 3.02. The lowest BCUT2D eigenvalue weighted by Gasteiger charge is -2.23. The van der Waals surface area contributed by atoms with Crippen molar-refractivity contribution in [3.05, 3.63) is 70.7 Å². The van der Waals surface area contributed by atoms with Gasteiger partial charge in [0.25, 0.3) is 10.0 Å². The molecule has 0 bridgehead atoms. The van der Waals surface area contributed by atoms with E-state index in [0.29, 0.717) is 10.7 Å². The number of benzene rings is 2. The first-order valence-corrected chi connectivity index (χ1v) is 11.4. The number of hydrogen-bond donors (Lipinski definition) is 0. The lowest BCUT2D eigenvalue weighted by atomic mass is 10.2. The van der Waals surface area contributed by atoms with Gasteiger partial charge in [-0.25, -0.2) is 18.0 Å². The van der Waals surface area contributed by atoms with Gasteiger partial charge in [0.2, 0.25) is 6.10 Å². The van der Waals surface area contributed by atoms with E-state index in [0.717, 1.165) is 10.4 Å². The third kappa shape index (κ3) is 5.03. The van der Waals surface area contributed by atoms with Crippen LogP contribution in [-0.4, -0.2) is 39.1 Å². The van der Waals surface area contributed by atoms with Gasteiger partial charge in [-0.05, 0) is 49.4 Å². The number of rotatable bonds is 7. The molecule has 164 valence electrons.